The smallest absolute Gasteiger partial charge is 0.0107 e. The van der Waals surface area contributed by atoms with E-state index in [4.69, 9.17) is 0 Å². The molecule has 0 aliphatic rings. The average molecular weight is 186 g/mol. The van der Waals surface area contributed by atoms with Gasteiger partial charge in [0, 0.05) is 19.6 Å². The molecule has 80 valence electrons. The van der Waals surface area contributed by atoms with Crippen LogP contribution in [-0.4, -0.2) is 37.6 Å². The van der Waals surface area contributed by atoms with Gasteiger partial charge in [0.25, 0.3) is 0 Å². The van der Waals surface area contributed by atoms with E-state index < -0.39 is 0 Å². The van der Waals surface area contributed by atoms with E-state index >= 15 is 0 Å². The number of nitrogens with zero attached hydrogens (tertiary/aromatic N) is 1. The first-order valence-electron chi connectivity index (χ1n) is 5.63. The molecule has 0 aliphatic heterocycles. The Kier molecular flexibility index (Phi) is 8.46. The van der Waals surface area contributed by atoms with E-state index in [1.807, 2.05) is 0 Å². The van der Waals surface area contributed by atoms with Gasteiger partial charge in [-0.2, -0.15) is 0 Å². The Morgan fingerprint density at radius 3 is 2.31 bits per heavy atom. The second kappa shape index (κ2) is 8.52. The third-order valence-corrected chi connectivity index (χ3v) is 2.10. The topological polar surface area (TPSA) is 15.3 Å². The maximum atomic E-state index is 3.43. The molecule has 0 bridgehead atoms. The van der Waals surface area contributed by atoms with E-state index in [1.54, 1.807) is 0 Å². The lowest BCUT2D eigenvalue weighted by molar-refractivity contribution is 0.256. The number of nitrogens with one attached hydrogen (secondary N) is 1. The minimum Gasteiger partial charge on any atom is -0.315 e. The molecule has 0 aromatic rings. The zero-order chi connectivity index (χ0) is 10.1. The Balaban J connectivity index is 3.36. The highest BCUT2D eigenvalue weighted by molar-refractivity contribution is 4.59. The molecule has 0 radical (unpaired) electrons. The quantitative estimate of drug-likeness (QED) is 0.583. The summed E-state index contributed by atoms with van der Waals surface area (Å²) < 4.78 is 0. The van der Waals surface area contributed by atoms with Crippen LogP contribution in [0.15, 0.2) is 0 Å². The Labute approximate surface area is 83.7 Å². The molecule has 0 fully saturated rings. The summed E-state index contributed by atoms with van der Waals surface area (Å²) >= 11 is 0. The van der Waals surface area contributed by atoms with Crippen molar-refractivity contribution in [3.05, 3.63) is 0 Å². The van der Waals surface area contributed by atoms with E-state index in [9.17, 15) is 0 Å². The first-order chi connectivity index (χ1) is 6.20. The highest BCUT2D eigenvalue weighted by Crippen LogP contribution is 1.96. The summed E-state index contributed by atoms with van der Waals surface area (Å²) in [6.45, 7) is 14.9. The van der Waals surface area contributed by atoms with Crippen LogP contribution in [0, 0.1) is 5.92 Å². The van der Waals surface area contributed by atoms with Crippen molar-refractivity contribution in [2.45, 2.75) is 34.1 Å². The van der Waals surface area contributed by atoms with E-state index in [0.717, 1.165) is 19.0 Å². The number of rotatable bonds is 8. The highest BCUT2D eigenvalue weighted by Gasteiger charge is 2.03. The molecule has 0 saturated heterocycles. The molecule has 0 heterocycles. The van der Waals surface area contributed by atoms with Crippen LogP contribution < -0.4 is 5.32 Å². The van der Waals surface area contributed by atoms with E-state index in [0.29, 0.717) is 0 Å². The van der Waals surface area contributed by atoms with Gasteiger partial charge in [-0.15, -0.1) is 0 Å². The number of hydrogen-bond donors (Lipinski definition) is 1. The van der Waals surface area contributed by atoms with E-state index in [2.05, 4.69) is 37.9 Å². The lowest BCUT2D eigenvalue weighted by Gasteiger charge is -2.22. The van der Waals surface area contributed by atoms with E-state index in [-0.39, 0.29) is 0 Å². The van der Waals surface area contributed by atoms with Gasteiger partial charge >= 0.3 is 0 Å². The third-order valence-electron chi connectivity index (χ3n) is 2.10. The molecule has 0 aliphatic carbocycles. The minimum absolute atomic E-state index is 0.783. The summed E-state index contributed by atoms with van der Waals surface area (Å²) in [5.41, 5.74) is 0. The summed E-state index contributed by atoms with van der Waals surface area (Å²) in [6.07, 6.45) is 1.23. The molecular formula is C11H26N2. The largest absolute Gasteiger partial charge is 0.315 e. The summed E-state index contributed by atoms with van der Waals surface area (Å²) in [5.74, 6) is 0.783. The summed E-state index contributed by atoms with van der Waals surface area (Å²) in [6, 6.07) is 0. The van der Waals surface area contributed by atoms with Crippen LogP contribution in [0.25, 0.3) is 0 Å². The molecule has 1 N–H and O–H groups in total. The minimum atomic E-state index is 0.783. The Morgan fingerprint density at radius 2 is 1.85 bits per heavy atom. The van der Waals surface area contributed by atoms with Crippen molar-refractivity contribution in [1.29, 1.82) is 0 Å². The van der Waals surface area contributed by atoms with Crippen molar-refractivity contribution in [3.8, 4) is 0 Å². The maximum Gasteiger partial charge on any atom is 0.0107 e. The molecule has 0 saturated carbocycles. The molecule has 0 unspecified atom stereocenters. The fraction of sp³-hybridized carbons (Fsp3) is 1.00. The van der Waals surface area contributed by atoms with Crippen molar-refractivity contribution < 1.29 is 0 Å². The lowest BCUT2D eigenvalue weighted by atomic mass is 10.2. The highest BCUT2D eigenvalue weighted by atomic mass is 15.1. The molecule has 0 atom stereocenters. The summed E-state index contributed by atoms with van der Waals surface area (Å²) in [4.78, 5) is 2.51. The van der Waals surface area contributed by atoms with Crippen molar-refractivity contribution in [1.82, 2.24) is 10.2 Å². The first-order valence-corrected chi connectivity index (χ1v) is 5.63. The lowest BCUT2D eigenvalue weighted by Crippen LogP contribution is -2.34. The Bertz CT molecular complexity index is 102. The molecule has 13 heavy (non-hydrogen) atoms. The molecule has 2 heteroatoms. The number of likely N-dealkylation sites (N-methyl/N-ethyl adjacent to an activating group) is 1. The molecule has 0 aromatic carbocycles. The van der Waals surface area contributed by atoms with Gasteiger partial charge in [0.05, 0.1) is 0 Å². The molecule has 2 nitrogen and oxygen atoms in total. The maximum absolute atomic E-state index is 3.43. The number of hydrogen-bond acceptors (Lipinski definition) is 2. The van der Waals surface area contributed by atoms with Gasteiger partial charge in [-0.1, -0.05) is 27.7 Å². The first kappa shape index (κ1) is 12.9. The fourth-order valence-corrected chi connectivity index (χ4v) is 1.43. The zero-order valence-corrected chi connectivity index (χ0v) is 9.77. The van der Waals surface area contributed by atoms with Gasteiger partial charge in [-0.25, -0.2) is 0 Å². The van der Waals surface area contributed by atoms with E-state index in [1.165, 1.54) is 26.1 Å². The molecule has 0 amide bonds. The SMILES string of the molecule is CCCNCCN(CC)CC(C)C. The van der Waals surface area contributed by atoms with Crippen molar-refractivity contribution in [3.63, 3.8) is 0 Å². The Morgan fingerprint density at radius 1 is 1.15 bits per heavy atom. The van der Waals surface area contributed by atoms with Crippen LogP contribution >= 0.6 is 0 Å². The average Bonchev–Trinajstić information content (AvgIpc) is 2.09. The third kappa shape index (κ3) is 8.26. The standard InChI is InChI=1S/C11H26N2/c1-5-7-12-8-9-13(6-2)10-11(3)4/h11-12H,5-10H2,1-4H3. The Hall–Kier alpha value is -0.0800. The van der Waals surface area contributed by atoms with Crippen LogP contribution in [0.1, 0.15) is 34.1 Å². The van der Waals surface area contributed by atoms with Gasteiger partial charge in [0.15, 0.2) is 0 Å². The van der Waals surface area contributed by atoms with Gasteiger partial charge < -0.3 is 10.2 Å². The van der Waals surface area contributed by atoms with Crippen LogP contribution in [0.2, 0.25) is 0 Å². The molecular weight excluding hydrogens is 160 g/mol. The normalized spacial score (nSPS) is 11.5. The zero-order valence-electron chi connectivity index (χ0n) is 9.77. The van der Waals surface area contributed by atoms with Crippen LogP contribution in [0.4, 0.5) is 0 Å². The van der Waals surface area contributed by atoms with Gasteiger partial charge in [0.1, 0.15) is 0 Å². The second-order valence-corrected chi connectivity index (χ2v) is 4.04. The molecule has 0 spiro atoms. The summed E-state index contributed by atoms with van der Waals surface area (Å²) in [5, 5.41) is 3.43. The van der Waals surface area contributed by atoms with Crippen LogP contribution in [0.5, 0.6) is 0 Å². The molecule has 0 aromatic heterocycles. The predicted octanol–water partition coefficient (Wildman–Crippen LogP) is 1.96. The summed E-state index contributed by atoms with van der Waals surface area (Å²) in [7, 11) is 0. The van der Waals surface area contributed by atoms with Crippen molar-refractivity contribution in [2.24, 2.45) is 5.92 Å². The van der Waals surface area contributed by atoms with Crippen LogP contribution in [-0.2, 0) is 0 Å². The van der Waals surface area contributed by atoms with Crippen LogP contribution in [0.3, 0.4) is 0 Å². The monoisotopic (exact) mass is 186 g/mol. The van der Waals surface area contributed by atoms with Crippen molar-refractivity contribution >= 4 is 0 Å². The van der Waals surface area contributed by atoms with Gasteiger partial charge in [-0.05, 0) is 25.4 Å². The predicted molar refractivity (Wildman–Crippen MR) is 60.1 cm³/mol. The van der Waals surface area contributed by atoms with Crippen molar-refractivity contribution in [2.75, 3.05) is 32.7 Å². The van der Waals surface area contributed by atoms with Gasteiger partial charge in [0.2, 0.25) is 0 Å². The second-order valence-electron chi connectivity index (χ2n) is 4.04. The fourth-order valence-electron chi connectivity index (χ4n) is 1.43. The molecule has 0 rings (SSSR count). The van der Waals surface area contributed by atoms with Gasteiger partial charge in [-0.3, -0.25) is 0 Å².